The molecule has 0 amide bonds. The molecule has 0 unspecified atom stereocenters. The zero-order valence-corrected chi connectivity index (χ0v) is 19.5. The highest BCUT2D eigenvalue weighted by atomic mass is 16.3. The largest absolute Gasteiger partial charge is 0.393 e. The summed E-state index contributed by atoms with van der Waals surface area (Å²) < 4.78 is 2.08. The van der Waals surface area contributed by atoms with Crippen molar-refractivity contribution in [2.45, 2.75) is 84.0 Å². The summed E-state index contributed by atoms with van der Waals surface area (Å²) in [4.78, 5) is 9.52. The maximum Gasteiger partial charge on any atom is 0.224 e. The van der Waals surface area contributed by atoms with E-state index in [1.54, 1.807) is 0 Å². The molecule has 4 rings (SSSR count). The van der Waals surface area contributed by atoms with Crippen LogP contribution in [0.2, 0.25) is 0 Å². The third kappa shape index (κ3) is 5.10. The molecule has 172 valence electrons. The van der Waals surface area contributed by atoms with Crippen molar-refractivity contribution in [1.29, 1.82) is 0 Å². The summed E-state index contributed by atoms with van der Waals surface area (Å²) >= 11 is 0. The van der Waals surface area contributed by atoms with Gasteiger partial charge in [-0.05, 0) is 51.1 Å². The molecule has 0 aliphatic heterocycles. The summed E-state index contributed by atoms with van der Waals surface area (Å²) in [5.41, 5.74) is 4.13. The smallest absolute Gasteiger partial charge is 0.224 e. The molecule has 0 bridgehead atoms. The Balaban J connectivity index is 1.70. The number of aromatic nitrogens is 4. The van der Waals surface area contributed by atoms with E-state index in [4.69, 9.17) is 10.1 Å². The highest BCUT2D eigenvalue weighted by Gasteiger charge is 2.25. The molecule has 7 heteroatoms. The van der Waals surface area contributed by atoms with Gasteiger partial charge in [-0.3, -0.25) is 0 Å². The number of aliphatic hydroxyl groups is 1. The van der Waals surface area contributed by atoms with Crippen molar-refractivity contribution in [3.63, 3.8) is 0 Å². The Morgan fingerprint density at radius 2 is 1.88 bits per heavy atom. The first-order chi connectivity index (χ1) is 15.6. The van der Waals surface area contributed by atoms with E-state index in [-0.39, 0.29) is 12.1 Å². The monoisotopic (exact) mass is 436 g/mol. The Morgan fingerprint density at radius 1 is 1.12 bits per heavy atom. The van der Waals surface area contributed by atoms with E-state index >= 15 is 0 Å². The van der Waals surface area contributed by atoms with E-state index in [0.29, 0.717) is 12.0 Å². The Morgan fingerprint density at radius 3 is 2.56 bits per heavy atom. The summed E-state index contributed by atoms with van der Waals surface area (Å²) in [7, 11) is 0. The van der Waals surface area contributed by atoms with Crippen LogP contribution >= 0.6 is 0 Å². The number of nitrogens with one attached hydrogen (secondary N) is 2. The molecule has 1 saturated carbocycles. The van der Waals surface area contributed by atoms with E-state index < -0.39 is 0 Å². The first kappa shape index (κ1) is 22.7. The van der Waals surface area contributed by atoms with Gasteiger partial charge in [-0.25, -0.2) is 9.67 Å². The van der Waals surface area contributed by atoms with Crippen molar-refractivity contribution in [2.75, 3.05) is 11.9 Å². The molecule has 0 radical (unpaired) electrons. The van der Waals surface area contributed by atoms with E-state index in [1.807, 2.05) is 6.20 Å². The molecule has 2 heterocycles. The minimum absolute atomic E-state index is 0.196. The molecule has 1 aliphatic carbocycles. The molecule has 2 aromatic heterocycles. The zero-order chi connectivity index (χ0) is 22.5. The van der Waals surface area contributed by atoms with Crippen LogP contribution in [0.15, 0.2) is 30.5 Å². The highest BCUT2D eigenvalue weighted by Crippen LogP contribution is 2.34. The lowest BCUT2D eigenvalue weighted by Crippen LogP contribution is -2.22. The first-order valence-corrected chi connectivity index (χ1v) is 12.1. The van der Waals surface area contributed by atoms with Gasteiger partial charge < -0.3 is 15.7 Å². The third-order valence-electron chi connectivity index (χ3n) is 6.36. The summed E-state index contributed by atoms with van der Waals surface area (Å²) in [6, 6.07) is 9.16. The molecule has 1 aliphatic rings. The average Bonchev–Trinajstić information content (AvgIpc) is 3.17. The molecule has 3 aromatic rings. The summed E-state index contributed by atoms with van der Waals surface area (Å²) in [6.07, 6.45) is 7.35. The zero-order valence-electron chi connectivity index (χ0n) is 19.5. The Kier molecular flexibility index (Phi) is 7.37. The van der Waals surface area contributed by atoms with Gasteiger partial charge in [-0.1, -0.05) is 44.5 Å². The number of rotatable bonds is 9. The molecule has 7 nitrogen and oxygen atoms in total. The number of anilines is 1. The first-order valence-electron chi connectivity index (χ1n) is 12.1. The molecule has 0 saturated heterocycles. The van der Waals surface area contributed by atoms with E-state index in [2.05, 4.69) is 65.3 Å². The Hall–Kier alpha value is -2.51. The van der Waals surface area contributed by atoms with Crippen LogP contribution in [0.1, 0.15) is 70.9 Å². The molecule has 32 heavy (non-hydrogen) atoms. The molecule has 1 fully saturated rings. The summed E-state index contributed by atoms with van der Waals surface area (Å²) in [5.74, 6) is 0.656. The highest BCUT2D eigenvalue weighted by molar-refractivity contribution is 5.91. The van der Waals surface area contributed by atoms with Crippen molar-refractivity contribution in [3.05, 3.63) is 36.0 Å². The maximum absolute atomic E-state index is 9.98. The van der Waals surface area contributed by atoms with Crippen LogP contribution < -0.4 is 10.6 Å². The quantitative estimate of drug-likeness (QED) is 0.451. The van der Waals surface area contributed by atoms with Crippen molar-refractivity contribution in [2.24, 2.45) is 0 Å². The fourth-order valence-electron chi connectivity index (χ4n) is 4.54. The second kappa shape index (κ2) is 10.4. The number of nitrogens with zero attached hydrogens (tertiary/aromatic N) is 4. The molecular formula is C25H36N6O. The van der Waals surface area contributed by atoms with Crippen LogP contribution in [0, 0.1) is 0 Å². The second-order valence-electron chi connectivity index (χ2n) is 9.00. The van der Waals surface area contributed by atoms with Crippen LogP contribution in [-0.2, 0) is 6.54 Å². The minimum Gasteiger partial charge on any atom is -0.393 e. The molecule has 0 spiro atoms. The molecule has 3 N–H and O–H groups in total. The average molecular weight is 437 g/mol. The Labute approximate surface area is 190 Å². The van der Waals surface area contributed by atoms with E-state index in [0.717, 1.165) is 73.9 Å². The molecule has 1 atom stereocenters. The van der Waals surface area contributed by atoms with Crippen molar-refractivity contribution >= 4 is 17.0 Å². The third-order valence-corrected chi connectivity index (χ3v) is 6.36. The number of hydrogen-bond donors (Lipinski definition) is 3. The second-order valence-corrected chi connectivity index (χ2v) is 9.00. The van der Waals surface area contributed by atoms with Gasteiger partial charge in [0.25, 0.3) is 0 Å². The molecular weight excluding hydrogens is 400 g/mol. The van der Waals surface area contributed by atoms with E-state index in [1.165, 1.54) is 5.56 Å². The van der Waals surface area contributed by atoms with Gasteiger partial charge in [-0.2, -0.15) is 10.1 Å². The van der Waals surface area contributed by atoms with Gasteiger partial charge in [-0.15, -0.1) is 0 Å². The Bertz CT molecular complexity index is 1010. The van der Waals surface area contributed by atoms with Gasteiger partial charge in [0.05, 0.1) is 17.5 Å². The van der Waals surface area contributed by atoms with Crippen LogP contribution in [0.5, 0.6) is 0 Å². The van der Waals surface area contributed by atoms with Crippen LogP contribution in [0.25, 0.3) is 22.3 Å². The predicted molar refractivity (Wildman–Crippen MR) is 130 cm³/mol. The SMILES string of the molecule is CCC[C@H](C)Nc1ncc2c(-c3ccc(CNCC)cc3)nn(C3CCC(O)CC3)c2n1. The van der Waals surface area contributed by atoms with Crippen LogP contribution in [0.3, 0.4) is 0 Å². The van der Waals surface area contributed by atoms with Crippen LogP contribution in [0.4, 0.5) is 5.95 Å². The number of benzene rings is 1. The topological polar surface area (TPSA) is 87.9 Å². The molecule has 1 aromatic carbocycles. The number of aliphatic hydroxyl groups excluding tert-OH is 1. The lowest BCUT2D eigenvalue weighted by Gasteiger charge is -2.25. The van der Waals surface area contributed by atoms with Gasteiger partial charge in [0.2, 0.25) is 5.95 Å². The minimum atomic E-state index is -0.196. The summed E-state index contributed by atoms with van der Waals surface area (Å²) in [6.45, 7) is 8.29. The fraction of sp³-hybridized carbons (Fsp3) is 0.560. The van der Waals surface area contributed by atoms with Crippen molar-refractivity contribution in [3.8, 4) is 11.3 Å². The van der Waals surface area contributed by atoms with Crippen molar-refractivity contribution < 1.29 is 5.11 Å². The van der Waals surface area contributed by atoms with Crippen molar-refractivity contribution in [1.82, 2.24) is 25.1 Å². The van der Waals surface area contributed by atoms with Gasteiger partial charge in [0, 0.05) is 24.3 Å². The predicted octanol–water partition coefficient (Wildman–Crippen LogP) is 4.68. The van der Waals surface area contributed by atoms with Crippen LogP contribution in [-0.4, -0.2) is 43.5 Å². The van der Waals surface area contributed by atoms with Gasteiger partial charge in [0.15, 0.2) is 5.65 Å². The maximum atomic E-state index is 9.98. The number of hydrogen-bond acceptors (Lipinski definition) is 6. The number of fused-ring (bicyclic) bond motifs is 1. The van der Waals surface area contributed by atoms with Gasteiger partial charge >= 0.3 is 0 Å². The van der Waals surface area contributed by atoms with Gasteiger partial charge in [0.1, 0.15) is 5.69 Å². The lowest BCUT2D eigenvalue weighted by molar-refractivity contribution is 0.109. The standard InChI is InChI=1S/C25H36N6O/c1-4-6-17(3)28-25-27-16-22-23(19-9-7-18(8-10-19)15-26-5-2)30-31(24(22)29-25)20-11-13-21(32)14-12-20/h7-10,16-17,20-21,26,32H,4-6,11-15H2,1-3H3,(H,27,28,29)/t17-,20?,21?/m0/s1. The normalized spacial score (nSPS) is 19.9. The van der Waals surface area contributed by atoms with E-state index in [9.17, 15) is 5.11 Å². The lowest BCUT2D eigenvalue weighted by atomic mass is 9.93. The fourth-order valence-corrected chi connectivity index (χ4v) is 4.54. The summed E-state index contributed by atoms with van der Waals surface area (Å²) in [5, 5.41) is 22.8.